The lowest BCUT2D eigenvalue weighted by molar-refractivity contribution is 0.0977. The zero-order chi connectivity index (χ0) is 22.8. The highest BCUT2D eigenvalue weighted by atomic mass is 35.5. The Kier molecular flexibility index (Phi) is 5.80. The average Bonchev–Trinajstić information content (AvgIpc) is 3.02. The lowest BCUT2D eigenvalue weighted by atomic mass is 9.95. The summed E-state index contributed by atoms with van der Waals surface area (Å²) in [5, 5.41) is 0.684. The molecule has 0 spiro atoms. The Bertz CT molecular complexity index is 1310. The van der Waals surface area contributed by atoms with E-state index in [4.69, 9.17) is 16.6 Å². The van der Waals surface area contributed by atoms with Crippen molar-refractivity contribution in [3.63, 3.8) is 0 Å². The van der Waals surface area contributed by atoms with E-state index in [2.05, 4.69) is 12.1 Å². The van der Waals surface area contributed by atoms with Gasteiger partial charge in [0.25, 0.3) is 5.91 Å². The minimum Gasteiger partial charge on any atom is -0.298 e. The first kappa shape index (κ1) is 21.2. The van der Waals surface area contributed by atoms with Crippen LogP contribution in [0.5, 0.6) is 0 Å². The second-order valence-electron chi connectivity index (χ2n) is 8.23. The molecule has 33 heavy (non-hydrogen) atoms. The van der Waals surface area contributed by atoms with Gasteiger partial charge in [-0.3, -0.25) is 14.7 Å². The monoisotopic (exact) mass is 450 g/mol. The molecule has 5 rings (SSSR count). The highest BCUT2D eigenvalue weighted by Crippen LogP contribution is 2.41. The highest BCUT2D eigenvalue weighted by Gasteiger charge is 2.33. The van der Waals surface area contributed by atoms with Crippen LogP contribution in [0.4, 0.5) is 11.4 Å². The maximum Gasteiger partial charge on any atom is 0.258 e. The Morgan fingerprint density at radius 2 is 1.52 bits per heavy atom. The first-order valence-electron chi connectivity index (χ1n) is 11.0. The number of carbonyl (C=O) groups excluding carboxylic acids is 1. The van der Waals surface area contributed by atoms with E-state index in [0.717, 1.165) is 33.8 Å². The minimum absolute atomic E-state index is 0.0381. The zero-order valence-electron chi connectivity index (χ0n) is 18.3. The van der Waals surface area contributed by atoms with E-state index < -0.39 is 0 Å². The molecule has 0 aliphatic carbocycles. The molecule has 0 unspecified atom stereocenters. The molecule has 1 heterocycles. The maximum absolute atomic E-state index is 14.0. The molecule has 1 atom stereocenters. The molecule has 0 saturated heterocycles. The summed E-state index contributed by atoms with van der Waals surface area (Å²) in [5.74, 6) is -0.0381. The number of hydrogen-bond donors (Lipinski definition) is 0. The summed E-state index contributed by atoms with van der Waals surface area (Å²) in [6.45, 7) is 2.02. The molecule has 1 aliphatic rings. The number of fused-ring (bicyclic) bond motifs is 1. The molecule has 162 valence electrons. The summed E-state index contributed by atoms with van der Waals surface area (Å²) in [4.78, 5) is 20.9. The number of aliphatic imine (C=N–C) groups is 1. The first-order valence-corrected chi connectivity index (χ1v) is 11.4. The summed E-state index contributed by atoms with van der Waals surface area (Å²) < 4.78 is 0. The third-order valence-corrected chi connectivity index (χ3v) is 6.23. The van der Waals surface area contributed by atoms with E-state index in [0.29, 0.717) is 17.0 Å². The Labute approximate surface area is 199 Å². The van der Waals surface area contributed by atoms with Crippen molar-refractivity contribution in [1.82, 2.24) is 0 Å². The van der Waals surface area contributed by atoms with Crippen LogP contribution in [0.25, 0.3) is 0 Å². The van der Waals surface area contributed by atoms with Crippen molar-refractivity contribution in [3.05, 3.63) is 130 Å². The van der Waals surface area contributed by atoms with Crippen LogP contribution >= 0.6 is 11.6 Å². The summed E-state index contributed by atoms with van der Waals surface area (Å²) in [6, 6.07) is 33.3. The third-order valence-electron chi connectivity index (χ3n) is 5.97. The first-order chi connectivity index (χ1) is 16.1. The van der Waals surface area contributed by atoms with Crippen LogP contribution in [0, 0.1) is 6.92 Å². The molecular formula is C29H23ClN2O. The van der Waals surface area contributed by atoms with Crippen molar-refractivity contribution in [1.29, 1.82) is 0 Å². The van der Waals surface area contributed by atoms with Gasteiger partial charge in [0.15, 0.2) is 0 Å². The Balaban J connectivity index is 1.68. The molecule has 0 N–H and O–H groups in total. The summed E-state index contributed by atoms with van der Waals surface area (Å²) in [7, 11) is 0. The van der Waals surface area contributed by atoms with Gasteiger partial charge in [-0.2, -0.15) is 0 Å². The quantitative estimate of drug-likeness (QED) is 0.317. The van der Waals surface area contributed by atoms with Gasteiger partial charge in [-0.1, -0.05) is 83.9 Å². The maximum atomic E-state index is 14.0. The molecule has 0 saturated carbocycles. The highest BCUT2D eigenvalue weighted by molar-refractivity contribution is 6.30. The molecule has 0 bridgehead atoms. The number of rotatable bonds is 3. The Morgan fingerprint density at radius 1 is 0.848 bits per heavy atom. The van der Waals surface area contributed by atoms with E-state index in [-0.39, 0.29) is 11.9 Å². The van der Waals surface area contributed by atoms with Crippen molar-refractivity contribution in [2.75, 3.05) is 4.90 Å². The van der Waals surface area contributed by atoms with Crippen molar-refractivity contribution in [2.24, 2.45) is 4.99 Å². The normalized spacial score (nSPS) is 15.4. The summed E-state index contributed by atoms with van der Waals surface area (Å²) >= 11 is 6.14. The van der Waals surface area contributed by atoms with Gasteiger partial charge in [0.1, 0.15) is 0 Å². The standard InChI is InChI=1S/C29H23ClN2O/c1-20-11-13-23(14-12-20)29(33)32-27-10-6-5-9-25(27)31-26(21-15-17-24(30)18-16-21)19-28(32)22-7-3-2-4-8-22/h2-18,28H,19H2,1H3/t28-/m1/s1. The van der Waals surface area contributed by atoms with Crippen LogP contribution in [0.2, 0.25) is 5.02 Å². The van der Waals surface area contributed by atoms with Crippen LogP contribution in [0.3, 0.4) is 0 Å². The number of aryl methyl sites for hydroxylation is 1. The predicted octanol–water partition coefficient (Wildman–Crippen LogP) is 7.56. The lowest BCUT2D eigenvalue weighted by Crippen LogP contribution is -2.35. The van der Waals surface area contributed by atoms with Gasteiger partial charge in [0.05, 0.1) is 23.1 Å². The van der Waals surface area contributed by atoms with Crippen LogP contribution in [0.15, 0.2) is 108 Å². The van der Waals surface area contributed by atoms with Crippen LogP contribution in [-0.2, 0) is 0 Å². The molecule has 4 heteroatoms. The number of anilines is 1. The van der Waals surface area contributed by atoms with Gasteiger partial charge in [0, 0.05) is 17.0 Å². The molecule has 4 aromatic carbocycles. The van der Waals surface area contributed by atoms with E-state index in [1.54, 1.807) is 0 Å². The van der Waals surface area contributed by atoms with E-state index in [9.17, 15) is 4.79 Å². The van der Waals surface area contributed by atoms with Gasteiger partial charge in [-0.15, -0.1) is 0 Å². The zero-order valence-corrected chi connectivity index (χ0v) is 19.0. The van der Waals surface area contributed by atoms with Crippen LogP contribution in [-0.4, -0.2) is 11.6 Å². The topological polar surface area (TPSA) is 32.7 Å². The molecule has 0 radical (unpaired) electrons. The summed E-state index contributed by atoms with van der Waals surface area (Å²) in [6.07, 6.45) is 0.581. The predicted molar refractivity (Wildman–Crippen MR) is 136 cm³/mol. The summed E-state index contributed by atoms with van der Waals surface area (Å²) in [5.41, 5.74) is 6.35. The van der Waals surface area contributed by atoms with Gasteiger partial charge in [-0.05, 0) is 54.4 Å². The molecule has 0 aromatic heterocycles. The van der Waals surface area contributed by atoms with Gasteiger partial charge >= 0.3 is 0 Å². The molecule has 1 aliphatic heterocycles. The second kappa shape index (κ2) is 9.05. The third kappa shape index (κ3) is 4.33. The van der Waals surface area contributed by atoms with Gasteiger partial charge < -0.3 is 0 Å². The van der Waals surface area contributed by atoms with Gasteiger partial charge in [-0.25, -0.2) is 0 Å². The fraction of sp³-hybridized carbons (Fsp3) is 0.103. The minimum atomic E-state index is -0.210. The molecule has 0 fully saturated rings. The fourth-order valence-corrected chi connectivity index (χ4v) is 4.37. The fourth-order valence-electron chi connectivity index (χ4n) is 4.25. The molecule has 3 nitrogen and oxygen atoms in total. The number of hydrogen-bond acceptors (Lipinski definition) is 2. The number of halogens is 1. The van der Waals surface area contributed by atoms with Gasteiger partial charge in [0.2, 0.25) is 0 Å². The van der Waals surface area contributed by atoms with Crippen molar-refractivity contribution in [3.8, 4) is 0 Å². The van der Waals surface area contributed by atoms with Crippen LogP contribution < -0.4 is 4.90 Å². The largest absolute Gasteiger partial charge is 0.298 e. The Hall–Kier alpha value is -3.69. The average molecular weight is 451 g/mol. The number of nitrogens with zero attached hydrogens (tertiary/aromatic N) is 2. The molecular weight excluding hydrogens is 428 g/mol. The van der Waals surface area contributed by atoms with Crippen LogP contribution in [0.1, 0.15) is 39.5 Å². The number of carbonyl (C=O) groups is 1. The molecule has 4 aromatic rings. The van der Waals surface area contributed by atoms with E-state index in [1.165, 1.54) is 0 Å². The van der Waals surface area contributed by atoms with Crippen molar-refractivity contribution >= 4 is 34.6 Å². The van der Waals surface area contributed by atoms with Crippen molar-refractivity contribution in [2.45, 2.75) is 19.4 Å². The van der Waals surface area contributed by atoms with Crippen molar-refractivity contribution < 1.29 is 4.79 Å². The smallest absolute Gasteiger partial charge is 0.258 e. The Morgan fingerprint density at radius 3 is 2.24 bits per heavy atom. The van der Waals surface area contributed by atoms with E-state index in [1.807, 2.05) is 103 Å². The SMILES string of the molecule is Cc1ccc(C(=O)N2c3ccccc3N=C(c3ccc(Cl)cc3)C[C@@H]2c2ccccc2)cc1. The molecule has 1 amide bonds. The van der Waals surface area contributed by atoms with E-state index >= 15 is 0 Å². The number of benzene rings is 4. The lowest BCUT2D eigenvalue weighted by Gasteiger charge is -2.32. The number of para-hydroxylation sites is 2. The number of amides is 1. The second-order valence-corrected chi connectivity index (χ2v) is 8.66.